The van der Waals surface area contributed by atoms with Gasteiger partial charge in [-0.1, -0.05) is 60.7 Å². The summed E-state index contributed by atoms with van der Waals surface area (Å²) in [6.07, 6.45) is 3.24. The van der Waals surface area contributed by atoms with Gasteiger partial charge in [0.1, 0.15) is 12.1 Å². The molecule has 0 aliphatic carbocycles. The van der Waals surface area contributed by atoms with Crippen LogP contribution in [0.15, 0.2) is 60.7 Å². The fourth-order valence-corrected chi connectivity index (χ4v) is 7.65. The second-order valence-electron chi connectivity index (χ2n) is 10.5. The Morgan fingerprint density at radius 2 is 1.59 bits per heavy atom. The Balaban J connectivity index is 1.79. The van der Waals surface area contributed by atoms with Crippen LogP contribution >= 0.6 is 0 Å². The van der Waals surface area contributed by atoms with Crippen LogP contribution in [0.2, 0.25) is 0 Å². The summed E-state index contributed by atoms with van der Waals surface area (Å²) in [6, 6.07) is 16.5. The lowest BCUT2D eigenvalue weighted by atomic mass is 9.96. The number of nitrogens with zero attached hydrogens (tertiary/aromatic N) is 2. The minimum atomic E-state index is -3.91. The molecule has 2 aromatic rings. The lowest BCUT2D eigenvalue weighted by Crippen LogP contribution is -2.67. The summed E-state index contributed by atoms with van der Waals surface area (Å²) in [7, 11) is -3.91. The van der Waals surface area contributed by atoms with Gasteiger partial charge in [0.05, 0.1) is 12.3 Å². The Morgan fingerprint density at radius 3 is 2.14 bits per heavy atom. The van der Waals surface area contributed by atoms with Crippen LogP contribution < -0.4 is 11.1 Å². The second kappa shape index (κ2) is 11.9. The van der Waals surface area contributed by atoms with Crippen molar-refractivity contribution in [2.24, 2.45) is 11.7 Å². The molecule has 9 heteroatoms. The number of primary amides is 1. The van der Waals surface area contributed by atoms with Crippen molar-refractivity contribution in [3.05, 3.63) is 71.8 Å². The molecule has 1 unspecified atom stereocenters. The number of rotatable bonds is 9. The first-order valence-electron chi connectivity index (χ1n) is 13.2. The van der Waals surface area contributed by atoms with Crippen molar-refractivity contribution < 1.29 is 22.5 Å². The molecule has 0 saturated carbocycles. The number of nitrogens with two attached hydrogens (primary N) is 1. The molecular formula is C28H39N4O4S+. The molecule has 3 amide bonds. The third-order valence-corrected chi connectivity index (χ3v) is 9.84. The molecule has 8 nitrogen and oxygen atoms in total. The molecule has 2 heterocycles. The van der Waals surface area contributed by atoms with E-state index in [1.54, 1.807) is 12.1 Å². The number of imide groups is 1. The number of likely N-dealkylation sites (tertiary alicyclic amines) is 1. The van der Waals surface area contributed by atoms with Gasteiger partial charge in [0.25, 0.3) is 0 Å². The van der Waals surface area contributed by atoms with E-state index in [0.717, 1.165) is 31.5 Å². The number of benzene rings is 2. The zero-order chi connectivity index (χ0) is 26.5. The predicted octanol–water partition coefficient (Wildman–Crippen LogP) is 3.03. The molecule has 2 aliphatic heterocycles. The molecule has 0 aromatic heterocycles. The van der Waals surface area contributed by atoms with Crippen molar-refractivity contribution in [3.63, 3.8) is 0 Å². The first-order valence-corrected chi connectivity index (χ1v) is 14.8. The molecule has 2 saturated heterocycles. The molecule has 0 spiro atoms. The SMILES string of the molecule is C[C@@H]1CCC[N+]1(C(N)=O)C(=O)[C@@H](Cc1ccccc1)N(CC1CCNCC1)S(=O)(=O)Cc1ccccc1. The van der Waals surface area contributed by atoms with E-state index < -0.39 is 32.5 Å². The van der Waals surface area contributed by atoms with E-state index in [1.807, 2.05) is 55.5 Å². The number of hydrogen-bond acceptors (Lipinski definition) is 5. The first-order chi connectivity index (χ1) is 17.7. The van der Waals surface area contributed by atoms with Crippen LogP contribution in [-0.2, 0) is 27.0 Å². The smallest absolute Gasteiger partial charge is 0.318 e. The Bertz CT molecular complexity index is 1170. The third-order valence-electron chi connectivity index (χ3n) is 8.02. The summed E-state index contributed by atoms with van der Waals surface area (Å²) in [5.74, 6) is -0.494. The predicted molar refractivity (Wildman–Crippen MR) is 144 cm³/mol. The lowest BCUT2D eigenvalue weighted by Gasteiger charge is -2.39. The number of carbonyl (C=O) groups is 2. The van der Waals surface area contributed by atoms with Crippen molar-refractivity contribution in [3.8, 4) is 0 Å². The summed E-state index contributed by atoms with van der Waals surface area (Å²) in [5.41, 5.74) is 7.42. The Hall–Kier alpha value is -2.59. The highest BCUT2D eigenvalue weighted by Crippen LogP contribution is 2.32. The topological polar surface area (TPSA) is 110 Å². The summed E-state index contributed by atoms with van der Waals surface area (Å²) < 4.78 is 29.1. The number of sulfonamides is 1. The number of carbonyl (C=O) groups excluding carboxylic acids is 2. The summed E-state index contributed by atoms with van der Waals surface area (Å²) in [4.78, 5) is 27.3. The highest BCUT2D eigenvalue weighted by molar-refractivity contribution is 7.88. The number of hydrogen-bond donors (Lipinski definition) is 2. The van der Waals surface area contributed by atoms with E-state index in [0.29, 0.717) is 24.9 Å². The van der Waals surface area contributed by atoms with E-state index in [4.69, 9.17) is 5.73 Å². The minimum Gasteiger partial charge on any atom is -0.318 e. The number of urea groups is 1. The van der Waals surface area contributed by atoms with Crippen molar-refractivity contribution in [2.45, 2.75) is 56.9 Å². The monoisotopic (exact) mass is 527 g/mol. The van der Waals surface area contributed by atoms with Gasteiger partial charge in [0, 0.05) is 25.8 Å². The molecule has 37 heavy (non-hydrogen) atoms. The Morgan fingerprint density at radius 1 is 1.00 bits per heavy atom. The van der Waals surface area contributed by atoms with Gasteiger partial charge >= 0.3 is 11.9 Å². The fourth-order valence-electron chi connectivity index (χ4n) is 5.88. The highest BCUT2D eigenvalue weighted by atomic mass is 32.2. The molecule has 2 aromatic carbocycles. The molecule has 2 aliphatic rings. The molecular weight excluding hydrogens is 488 g/mol. The standard InChI is InChI=1S/C28H38N4O4S/c1-22-9-8-18-32(22,28(29)34)27(33)26(19-23-10-4-2-5-11-23)31(20-24-14-16-30-17-15-24)37(35,36)21-25-12-6-3-7-13-25/h2-7,10-13,22,24,26,30H,8-9,14-21H2,1H3,(H-,29,34)/p+1/t22-,26-,32?/m1/s1. The Kier molecular flexibility index (Phi) is 8.79. The summed E-state index contributed by atoms with van der Waals surface area (Å²) >= 11 is 0. The van der Waals surface area contributed by atoms with Gasteiger partial charge in [0.15, 0.2) is 0 Å². The quantitative estimate of drug-likeness (QED) is 0.487. The molecule has 0 bridgehead atoms. The average Bonchev–Trinajstić information content (AvgIpc) is 3.29. The van der Waals surface area contributed by atoms with E-state index >= 15 is 0 Å². The highest BCUT2D eigenvalue weighted by Gasteiger charge is 2.56. The summed E-state index contributed by atoms with van der Waals surface area (Å²) in [5, 5.41) is 3.33. The maximum absolute atomic E-state index is 14.5. The van der Waals surface area contributed by atoms with E-state index in [-0.39, 0.29) is 30.7 Å². The van der Waals surface area contributed by atoms with Crippen LogP contribution in [-0.4, -0.2) is 67.4 Å². The average molecular weight is 528 g/mol. The van der Waals surface area contributed by atoms with Gasteiger partial charge in [0.2, 0.25) is 10.0 Å². The lowest BCUT2D eigenvalue weighted by molar-refractivity contribution is -0.784. The van der Waals surface area contributed by atoms with Crippen LogP contribution in [0, 0.1) is 5.92 Å². The van der Waals surface area contributed by atoms with Gasteiger partial charge in [-0.05, 0) is 49.9 Å². The van der Waals surface area contributed by atoms with Crippen LogP contribution in [0.25, 0.3) is 0 Å². The van der Waals surface area contributed by atoms with Crippen molar-refractivity contribution in [1.29, 1.82) is 0 Å². The molecule has 3 N–H and O–H groups in total. The number of quaternary nitrogens is 1. The molecule has 4 rings (SSSR count). The van der Waals surface area contributed by atoms with Crippen LogP contribution in [0.4, 0.5) is 4.79 Å². The zero-order valence-electron chi connectivity index (χ0n) is 21.6. The van der Waals surface area contributed by atoms with Crippen molar-refractivity contribution >= 4 is 22.0 Å². The van der Waals surface area contributed by atoms with E-state index in [1.165, 1.54) is 4.31 Å². The third kappa shape index (κ3) is 6.12. The van der Waals surface area contributed by atoms with E-state index in [2.05, 4.69) is 5.32 Å². The van der Waals surface area contributed by atoms with Crippen molar-refractivity contribution in [2.75, 3.05) is 26.2 Å². The zero-order valence-corrected chi connectivity index (χ0v) is 22.4. The van der Waals surface area contributed by atoms with Crippen molar-refractivity contribution in [1.82, 2.24) is 9.62 Å². The van der Waals surface area contributed by atoms with Gasteiger partial charge in [-0.3, -0.25) is 0 Å². The second-order valence-corrected chi connectivity index (χ2v) is 12.4. The van der Waals surface area contributed by atoms with Crippen LogP contribution in [0.3, 0.4) is 0 Å². The molecule has 200 valence electrons. The minimum absolute atomic E-state index is 0.121. The van der Waals surface area contributed by atoms with Gasteiger partial charge in [-0.25, -0.2) is 18.0 Å². The number of amides is 3. The first kappa shape index (κ1) is 27.4. The maximum atomic E-state index is 14.5. The molecule has 2 fully saturated rings. The van der Waals surface area contributed by atoms with E-state index in [9.17, 15) is 18.0 Å². The fraction of sp³-hybridized carbons (Fsp3) is 0.500. The number of piperidine rings is 1. The Labute approximate surface area is 220 Å². The van der Waals surface area contributed by atoms with Gasteiger partial charge < -0.3 is 11.1 Å². The van der Waals surface area contributed by atoms with Gasteiger partial charge in [-0.2, -0.15) is 8.79 Å². The van der Waals surface area contributed by atoms with Gasteiger partial charge in [-0.15, -0.1) is 0 Å². The van der Waals surface area contributed by atoms with Crippen LogP contribution in [0.5, 0.6) is 0 Å². The molecule has 3 atom stereocenters. The maximum Gasteiger partial charge on any atom is 0.421 e. The number of nitrogens with one attached hydrogen (secondary N) is 1. The normalized spacial score (nSPS) is 23.7. The van der Waals surface area contributed by atoms with Crippen LogP contribution in [0.1, 0.15) is 43.7 Å². The molecule has 0 radical (unpaired) electrons. The largest absolute Gasteiger partial charge is 0.421 e. The summed E-state index contributed by atoms with van der Waals surface area (Å²) in [6.45, 7) is 4.04.